The summed E-state index contributed by atoms with van der Waals surface area (Å²) < 4.78 is 5.22. The largest absolute Gasteiger partial charge is 0.443 e. The van der Waals surface area contributed by atoms with Crippen molar-refractivity contribution in [1.82, 2.24) is 25.3 Å². The van der Waals surface area contributed by atoms with E-state index >= 15 is 0 Å². The van der Waals surface area contributed by atoms with Crippen LogP contribution in [0.25, 0.3) is 11.6 Å². The number of aromatic nitrogens is 4. The van der Waals surface area contributed by atoms with Crippen LogP contribution in [0.3, 0.4) is 0 Å². The number of rotatable bonds is 4. The molecule has 0 atom stereocenters. The minimum Gasteiger partial charge on any atom is -0.443 e. The lowest BCUT2D eigenvalue weighted by molar-refractivity contribution is 0.0946. The molecule has 0 unspecified atom stereocenters. The van der Waals surface area contributed by atoms with Crippen molar-refractivity contribution in [2.24, 2.45) is 0 Å². The number of carbonyl (C=O) groups is 1. The Labute approximate surface area is 155 Å². The number of aryl methyl sites for hydroxylation is 2. The van der Waals surface area contributed by atoms with Crippen LogP contribution >= 0.6 is 0 Å². The molecule has 27 heavy (non-hydrogen) atoms. The third kappa shape index (κ3) is 3.43. The number of hydrogen-bond donors (Lipinski definition) is 3. The monoisotopic (exact) mass is 365 g/mol. The number of amides is 1. The second-order valence-corrected chi connectivity index (χ2v) is 6.25. The molecule has 3 aromatic heterocycles. The molecular formula is C18H19N7O2. The Morgan fingerprint density at radius 3 is 3.04 bits per heavy atom. The van der Waals surface area contributed by atoms with Crippen LogP contribution in [-0.2, 0) is 13.0 Å². The molecular weight excluding hydrogens is 346 g/mol. The van der Waals surface area contributed by atoms with Gasteiger partial charge in [0.15, 0.2) is 11.5 Å². The van der Waals surface area contributed by atoms with Crippen LogP contribution in [0.1, 0.15) is 33.9 Å². The van der Waals surface area contributed by atoms with E-state index in [-0.39, 0.29) is 18.1 Å². The number of nitrogens with one attached hydrogen (secondary N) is 2. The molecule has 0 bridgehead atoms. The highest BCUT2D eigenvalue weighted by Crippen LogP contribution is 2.21. The van der Waals surface area contributed by atoms with Crippen molar-refractivity contribution in [1.29, 1.82) is 0 Å². The molecule has 4 rings (SSSR count). The molecule has 9 heteroatoms. The van der Waals surface area contributed by atoms with Gasteiger partial charge >= 0.3 is 0 Å². The van der Waals surface area contributed by atoms with Gasteiger partial charge in [0.1, 0.15) is 17.8 Å². The summed E-state index contributed by atoms with van der Waals surface area (Å²) in [7, 11) is 0. The van der Waals surface area contributed by atoms with Gasteiger partial charge in [0.05, 0.1) is 24.1 Å². The molecule has 0 aliphatic carbocycles. The Balaban J connectivity index is 1.49. The van der Waals surface area contributed by atoms with Crippen molar-refractivity contribution in [3.8, 4) is 11.6 Å². The Bertz CT molecular complexity index is 986. The average molecular weight is 365 g/mol. The predicted molar refractivity (Wildman–Crippen MR) is 98.9 cm³/mol. The number of hydrogen-bond acceptors (Lipinski definition) is 8. The maximum Gasteiger partial charge on any atom is 0.274 e. The third-order valence-electron chi connectivity index (χ3n) is 4.33. The zero-order chi connectivity index (χ0) is 18.8. The van der Waals surface area contributed by atoms with E-state index in [2.05, 4.69) is 30.6 Å². The summed E-state index contributed by atoms with van der Waals surface area (Å²) in [5, 5.41) is 6.07. The van der Waals surface area contributed by atoms with Crippen LogP contribution in [-0.4, -0.2) is 32.4 Å². The van der Waals surface area contributed by atoms with Gasteiger partial charge in [0, 0.05) is 6.54 Å². The standard InChI is InChI=1S/C18H19N7O2/c1-10-13(18-21-7-8-27-18)25-15(19)14(23-10)17(26)22-9-12-5-4-11-3-2-6-20-16(11)24-12/h4-5,7-8H,2-3,6,9H2,1H3,(H2,19,25)(H,20,24)(H,22,26). The zero-order valence-electron chi connectivity index (χ0n) is 14.8. The maximum absolute atomic E-state index is 12.5. The topological polar surface area (TPSA) is 132 Å². The molecule has 138 valence electrons. The van der Waals surface area contributed by atoms with Crippen LogP contribution in [0.2, 0.25) is 0 Å². The summed E-state index contributed by atoms with van der Waals surface area (Å²) in [6.07, 6.45) is 5.07. The Morgan fingerprint density at radius 2 is 2.22 bits per heavy atom. The van der Waals surface area contributed by atoms with Crippen molar-refractivity contribution >= 4 is 17.5 Å². The second-order valence-electron chi connectivity index (χ2n) is 6.25. The molecule has 0 aromatic carbocycles. The smallest absolute Gasteiger partial charge is 0.274 e. The zero-order valence-corrected chi connectivity index (χ0v) is 14.8. The number of nitrogen functional groups attached to an aromatic ring is 1. The lowest BCUT2D eigenvalue weighted by Gasteiger charge is -2.17. The van der Waals surface area contributed by atoms with Crippen molar-refractivity contribution in [3.63, 3.8) is 0 Å². The van der Waals surface area contributed by atoms with E-state index in [1.165, 1.54) is 18.0 Å². The van der Waals surface area contributed by atoms with Crippen LogP contribution in [0.5, 0.6) is 0 Å². The summed E-state index contributed by atoms with van der Waals surface area (Å²) in [6.45, 7) is 2.91. The number of fused-ring (bicyclic) bond motifs is 1. The SMILES string of the molecule is Cc1nc(C(=O)NCc2ccc3c(n2)NCCC3)c(N)nc1-c1ncco1. The van der Waals surface area contributed by atoms with Crippen LogP contribution < -0.4 is 16.4 Å². The summed E-state index contributed by atoms with van der Waals surface area (Å²) in [5.41, 5.74) is 8.88. The summed E-state index contributed by atoms with van der Waals surface area (Å²) in [4.78, 5) is 29.6. The second kappa shape index (κ2) is 7.02. The fourth-order valence-corrected chi connectivity index (χ4v) is 2.96. The molecule has 0 fully saturated rings. The van der Waals surface area contributed by atoms with E-state index < -0.39 is 5.91 Å². The molecule has 1 aliphatic rings. The average Bonchev–Trinajstić information content (AvgIpc) is 3.22. The highest BCUT2D eigenvalue weighted by Gasteiger charge is 2.19. The van der Waals surface area contributed by atoms with E-state index in [4.69, 9.17) is 10.2 Å². The summed E-state index contributed by atoms with van der Waals surface area (Å²) in [6, 6.07) is 3.96. The molecule has 4 N–H and O–H groups in total. The van der Waals surface area contributed by atoms with Gasteiger partial charge in [0.2, 0.25) is 5.89 Å². The number of carbonyl (C=O) groups excluding carboxylic acids is 1. The molecule has 4 heterocycles. The number of oxazole rings is 1. The normalized spacial score (nSPS) is 12.9. The number of anilines is 2. The molecule has 1 aliphatic heterocycles. The first-order chi connectivity index (χ1) is 13.1. The Morgan fingerprint density at radius 1 is 1.33 bits per heavy atom. The van der Waals surface area contributed by atoms with Crippen LogP contribution in [0.4, 0.5) is 11.6 Å². The van der Waals surface area contributed by atoms with E-state index in [1.807, 2.05) is 12.1 Å². The number of pyridine rings is 1. The lowest BCUT2D eigenvalue weighted by Crippen LogP contribution is -2.26. The van der Waals surface area contributed by atoms with Crippen molar-refractivity contribution in [3.05, 3.63) is 47.2 Å². The van der Waals surface area contributed by atoms with E-state index in [1.54, 1.807) is 6.92 Å². The van der Waals surface area contributed by atoms with E-state index in [0.717, 1.165) is 30.9 Å². The minimum absolute atomic E-state index is 0.0198. The number of nitrogens with two attached hydrogens (primary N) is 1. The predicted octanol–water partition coefficient (Wildman–Crippen LogP) is 1.71. The first-order valence-corrected chi connectivity index (χ1v) is 8.66. The van der Waals surface area contributed by atoms with Gasteiger partial charge in [-0.05, 0) is 31.4 Å². The van der Waals surface area contributed by atoms with Gasteiger partial charge in [-0.25, -0.2) is 19.9 Å². The van der Waals surface area contributed by atoms with E-state index in [0.29, 0.717) is 17.3 Å². The first kappa shape index (κ1) is 17.0. The third-order valence-corrected chi connectivity index (χ3v) is 4.33. The van der Waals surface area contributed by atoms with Gasteiger partial charge in [0.25, 0.3) is 5.91 Å². The summed E-state index contributed by atoms with van der Waals surface area (Å²) >= 11 is 0. The molecule has 9 nitrogen and oxygen atoms in total. The van der Waals surface area contributed by atoms with Gasteiger partial charge in [-0.15, -0.1) is 0 Å². The van der Waals surface area contributed by atoms with Gasteiger partial charge in [-0.1, -0.05) is 6.07 Å². The van der Waals surface area contributed by atoms with Crippen molar-refractivity contribution in [2.75, 3.05) is 17.6 Å². The van der Waals surface area contributed by atoms with Gasteiger partial charge in [-0.3, -0.25) is 4.79 Å². The molecule has 0 radical (unpaired) electrons. The fourth-order valence-electron chi connectivity index (χ4n) is 2.96. The minimum atomic E-state index is -0.408. The van der Waals surface area contributed by atoms with Gasteiger partial charge < -0.3 is 20.8 Å². The van der Waals surface area contributed by atoms with Gasteiger partial charge in [-0.2, -0.15) is 0 Å². The fraction of sp³-hybridized carbons (Fsp3) is 0.278. The highest BCUT2D eigenvalue weighted by molar-refractivity contribution is 5.96. The first-order valence-electron chi connectivity index (χ1n) is 8.66. The molecule has 0 saturated heterocycles. The van der Waals surface area contributed by atoms with Crippen LogP contribution in [0.15, 0.2) is 29.0 Å². The van der Waals surface area contributed by atoms with Crippen molar-refractivity contribution < 1.29 is 9.21 Å². The summed E-state index contributed by atoms with van der Waals surface area (Å²) in [5.74, 6) is 0.809. The molecule has 0 saturated carbocycles. The van der Waals surface area contributed by atoms with Crippen LogP contribution in [0, 0.1) is 6.92 Å². The lowest BCUT2D eigenvalue weighted by atomic mass is 10.1. The Kier molecular flexibility index (Phi) is 4.41. The maximum atomic E-state index is 12.5. The number of nitrogens with zero attached hydrogens (tertiary/aromatic N) is 4. The van der Waals surface area contributed by atoms with E-state index in [9.17, 15) is 4.79 Å². The Hall–Kier alpha value is -3.49. The highest BCUT2D eigenvalue weighted by atomic mass is 16.3. The quantitative estimate of drug-likeness (QED) is 0.636. The molecule has 0 spiro atoms. The van der Waals surface area contributed by atoms with Crippen molar-refractivity contribution in [2.45, 2.75) is 26.3 Å². The molecule has 1 amide bonds. The molecule has 3 aromatic rings.